The summed E-state index contributed by atoms with van der Waals surface area (Å²) in [5, 5.41) is 0. The third-order valence-electron chi connectivity index (χ3n) is 4.28. The molecule has 2 aromatic rings. The lowest BCUT2D eigenvalue weighted by Gasteiger charge is -2.26. The van der Waals surface area contributed by atoms with Crippen molar-refractivity contribution in [1.29, 1.82) is 0 Å². The topological polar surface area (TPSA) is 46.6 Å². The summed E-state index contributed by atoms with van der Waals surface area (Å²) in [4.78, 5) is 1.89. The van der Waals surface area contributed by atoms with Crippen molar-refractivity contribution in [2.45, 2.75) is 30.7 Å². The summed E-state index contributed by atoms with van der Waals surface area (Å²) in [5.41, 5.74) is 1.35. The van der Waals surface area contributed by atoms with Crippen molar-refractivity contribution in [1.82, 2.24) is 0 Å². The Morgan fingerprint density at radius 3 is 2.40 bits per heavy atom. The maximum absolute atomic E-state index is 13.4. The van der Waals surface area contributed by atoms with Crippen LogP contribution < -0.4 is 4.90 Å². The molecule has 1 aliphatic heterocycles. The van der Waals surface area contributed by atoms with Crippen LogP contribution in [0.1, 0.15) is 18.4 Å². The van der Waals surface area contributed by atoms with Crippen molar-refractivity contribution in [2.75, 3.05) is 18.1 Å². The van der Waals surface area contributed by atoms with E-state index in [1.807, 2.05) is 6.92 Å². The maximum Gasteiger partial charge on any atom is 0.297 e. The Hall–Kier alpha value is -1.99. The van der Waals surface area contributed by atoms with Gasteiger partial charge in [-0.15, -0.1) is 0 Å². The average molecular weight is 367 g/mol. The lowest BCUT2D eigenvalue weighted by atomic mass is 10.2. The van der Waals surface area contributed by atoms with E-state index in [-0.39, 0.29) is 17.5 Å². The maximum atomic E-state index is 13.4. The fraction of sp³-hybridized carbons (Fsp3) is 0.333. The molecule has 0 N–H and O–H groups in total. The first-order chi connectivity index (χ1) is 11.8. The first-order valence-corrected chi connectivity index (χ1v) is 9.45. The standard InChI is InChI=1S/C18H19F2NO3S/c1-13-4-6-18(7-5-13)25(22,23)24-12-16-3-2-8-21(16)17-10-14(19)9-15(20)11-17/h4-7,9-11,16H,2-3,8,12H2,1H3/t16-/m0/s1. The number of aryl methyl sites for hydroxylation is 1. The Morgan fingerprint density at radius 1 is 1.12 bits per heavy atom. The van der Waals surface area contributed by atoms with E-state index in [1.165, 1.54) is 24.3 Å². The van der Waals surface area contributed by atoms with Gasteiger partial charge in [0.2, 0.25) is 0 Å². The molecule has 3 rings (SSSR count). The Morgan fingerprint density at radius 2 is 1.76 bits per heavy atom. The highest BCUT2D eigenvalue weighted by Crippen LogP contribution is 2.28. The monoisotopic (exact) mass is 367 g/mol. The van der Waals surface area contributed by atoms with E-state index >= 15 is 0 Å². The van der Waals surface area contributed by atoms with Crippen molar-refractivity contribution in [3.63, 3.8) is 0 Å². The van der Waals surface area contributed by atoms with Gasteiger partial charge in [0.25, 0.3) is 10.1 Å². The van der Waals surface area contributed by atoms with Crippen molar-refractivity contribution >= 4 is 15.8 Å². The molecule has 0 aromatic heterocycles. The minimum Gasteiger partial charge on any atom is -0.366 e. The second-order valence-electron chi connectivity index (χ2n) is 6.17. The highest BCUT2D eigenvalue weighted by Gasteiger charge is 2.28. The van der Waals surface area contributed by atoms with Crippen LogP contribution in [0.25, 0.3) is 0 Å². The zero-order chi connectivity index (χ0) is 18.0. The van der Waals surface area contributed by atoms with Crippen LogP contribution in [0.3, 0.4) is 0 Å². The van der Waals surface area contributed by atoms with E-state index in [1.54, 1.807) is 17.0 Å². The van der Waals surface area contributed by atoms with Gasteiger partial charge in [0.05, 0.1) is 17.5 Å². The summed E-state index contributed by atoms with van der Waals surface area (Å²) >= 11 is 0. The van der Waals surface area contributed by atoms with Crippen LogP contribution in [-0.2, 0) is 14.3 Å². The summed E-state index contributed by atoms with van der Waals surface area (Å²) in [6.07, 6.45) is 1.50. The van der Waals surface area contributed by atoms with Gasteiger partial charge >= 0.3 is 0 Å². The summed E-state index contributed by atoms with van der Waals surface area (Å²) in [7, 11) is -3.86. The van der Waals surface area contributed by atoms with Crippen molar-refractivity contribution < 1.29 is 21.4 Å². The second kappa shape index (κ2) is 7.09. The normalized spacial score (nSPS) is 17.9. The Balaban J connectivity index is 1.72. The molecule has 0 aliphatic carbocycles. The Labute approximate surface area is 146 Å². The van der Waals surface area contributed by atoms with Crippen LogP contribution in [0.15, 0.2) is 47.4 Å². The van der Waals surface area contributed by atoms with E-state index in [4.69, 9.17) is 4.18 Å². The van der Waals surface area contributed by atoms with Crippen molar-refractivity contribution in [3.8, 4) is 0 Å². The van der Waals surface area contributed by atoms with Gasteiger partial charge in [-0.25, -0.2) is 8.78 Å². The third kappa shape index (κ3) is 4.16. The van der Waals surface area contributed by atoms with Crippen LogP contribution in [0, 0.1) is 18.6 Å². The molecule has 1 fully saturated rings. The molecule has 0 saturated carbocycles. The molecule has 25 heavy (non-hydrogen) atoms. The minimum atomic E-state index is -3.86. The number of rotatable bonds is 5. The highest BCUT2D eigenvalue weighted by molar-refractivity contribution is 7.86. The first-order valence-electron chi connectivity index (χ1n) is 8.04. The van der Waals surface area contributed by atoms with Crippen LogP contribution >= 0.6 is 0 Å². The second-order valence-corrected chi connectivity index (χ2v) is 7.78. The molecule has 1 aliphatic rings. The van der Waals surface area contributed by atoms with Crippen LogP contribution in [0.4, 0.5) is 14.5 Å². The molecular formula is C18H19F2NO3S. The van der Waals surface area contributed by atoms with Crippen LogP contribution in [0.5, 0.6) is 0 Å². The van der Waals surface area contributed by atoms with Crippen LogP contribution in [-0.4, -0.2) is 27.6 Å². The molecule has 0 radical (unpaired) electrons. The van der Waals surface area contributed by atoms with Gasteiger partial charge in [0.1, 0.15) is 11.6 Å². The van der Waals surface area contributed by atoms with E-state index in [0.29, 0.717) is 18.7 Å². The molecule has 0 amide bonds. The Bertz CT molecular complexity index is 833. The predicted octanol–water partition coefficient (Wildman–Crippen LogP) is 3.65. The molecule has 4 nitrogen and oxygen atoms in total. The molecule has 134 valence electrons. The van der Waals surface area contributed by atoms with E-state index < -0.39 is 21.8 Å². The SMILES string of the molecule is Cc1ccc(S(=O)(=O)OC[C@@H]2CCCN2c2cc(F)cc(F)c2)cc1. The number of benzene rings is 2. The fourth-order valence-corrected chi connectivity index (χ4v) is 3.94. The van der Waals surface area contributed by atoms with Crippen molar-refractivity contribution in [2.24, 2.45) is 0 Å². The van der Waals surface area contributed by atoms with Gasteiger partial charge in [-0.1, -0.05) is 17.7 Å². The largest absolute Gasteiger partial charge is 0.366 e. The predicted molar refractivity (Wildman–Crippen MR) is 91.0 cm³/mol. The van der Waals surface area contributed by atoms with Gasteiger partial charge < -0.3 is 4.90 Å². The van der Waals surface area contributed by atoms with Gasteiger partial charge in [-0.3, -0.25) is 4.18 Å². The van der Waals surface area contributed by atoms with Crippen molar-refractivity contribution in [3.05, 3.63) is 59.7 Å². The molecule has 1 heterocycles. The zero-order valence-corrected chi connectivity index (χ0v) is 14.6. The molecular weight excluding hydrogens is 348 g/mol. The number of hydrogen-bond donors (Lipinski definition) is 0. The number of halogens is 2. The minimum absolute atomic E-state index is 0.0612. The number of anilines is 1. The van der Waals surface area contributed by atoms with E-state index in [9.17, 15) is 17.2 Å². The Kier molecular flexibility index (Phi) is 5.06. The fourth-order valence-electron chi connectivity index (χ4n) is 3.00. The summed E-state index contributed by atoms with van der Waals surface area (Å²) < 4.78 is 56.7. The average Bonchev–Trinajstić information content (AvgIpc) is 3.01. The molecule has 1 atom stereocenters. The van der Waals surface area contributed by atoms with Gasteiger partial charge in [-0.2, -0.15) is 8.42 Å². The van der Waals surface area contributed by atoms with Gasteiger partial charge in [0, 0.05) is 18.3 Å². The smallest absolute Gasteiger partial charge is 0.297 e. The molecule has 2 aromatic carbocycles. The first kappa shape index (κ1) is 17.8. The molecule has 1 saturated heterocycles. The van der Waals surface area contributed by atoms with E-state index in [0.717, 1.165) is 18.1 Å². The quantitative estimate of drug-likeness (QED) is 0.757. The van der Waals surface area contributed by atoms with Crippen LogP contribution in [0.2, 0.25) is 0 Å². The zero-order valence-electron chi connectivity index (χ0n) is 13.8. The third-order valence-corrected chi connectivity index (χ3v) is 5.58. The van der Waals surface area contributed by atoms with Gasteiger partial charge in [0.15, 0.2) is 0 Å². The number of hydrogen-bond acceptors (Lipinski definition) is 4. The summed E-state index contributed by atoms with van der Waals surface area (Å²) in [6.45, 7) is 2.40. The molecule has 0 bridgehead atoms. The molecule has 0 spiro atoms. The van der Waals surface area contributed by atoms with E-state index in [2.05, 4.69) is 0 Å². The lowest BCUT2D eigenvalue weighted by Crippen LogP contribution is -2.34. The lowest BCUT2D eigenvalue weighted by molar-refractivity contribution is 0.291. The summed E-state index contributed by atoms with van der Waals surface area (Å²) in [6, 6.07) is 9.46. The molecule has 0 unspecified atom stereocenters. The van der Waals surface area contributed by atoms with Gasteiger partial charge in [-0.05, 0) is 44.0 Å². The number of nitrogens with zero attached hydrogens (tertiary/aromatic N) is 1. The molecule has 7 heteroatoms. The highest BCUT2D eigenvalue weighted by atomic mass is 32.2. The summed E-state index contributed by atoms with van der Waals surface area (Å²) in [5.74, 6) is -1.32.